The van der Waals surface area contributed by atoms with Gasteiger partial charge in [-0.15, -0.1) is 0 Å². The maximum absolute atomic E-state index is 12.6. The highest BCUT2D eigenvalue weighted by atomic mass is 35.5. The average molecular weight is 327 g/mol. The molecule has 0 radical (unpaired) electrons. The van der Waals surface area contributed by atoms with E-state index in [2.05, 4.69) is 4.98 Å². The molecule has 0 saturated heterocycles. The lowest BCUT2D eigenvalue weighted by molar-refractivity contribution is 0.0640. The standard InChI is InChI=1S/C18H15ClN2O2/c1-10-3-2-4-14-16(10)18(23)21(17(14)22)9-13-7-12(19)8-15(20-13)11-5-6-11/h2-4,7-8,11H,5-6,9H2,1H3. The summed E-state index contributed by atoms with van der Waals surface area (Å²) in [7, 11) is 0. The number of benzene rings is 1. The van der Waals surface area contributed by atoms with Gasteiger partial charge in [-0.2, -0.15) is 0 Å². The van der Waals surface area contributed by atoms with E-state index in [1.807, 2.05) is 19.1 Å². The summed E-state index contributed by atoms with van der Waals surface area (Å²) in [6, 6.07) is 8.94. The molecular weight excluding hydrogens is 312 g/mol. The zero-order valence-corrected chi connectivity index (χ0v) is 13.4. The van der Waals surface area contributed by atoms with Crippen molar-refractivity contribution in [3.8, 4) is 0 Å². The van der Waals surface area contributed by atoms with E-state index in [1.54, 1.807) is 18.2 Å². The highest BCUT2D eigenvalue weighted by Gasteiger charge is 2.37. The summed E-state index contributed by atoms with van der Waals surface area (Å²) >= 11 is 6.17. The molecule has 4 rings (SSSR count). The Morgan fingerprint density at radius 2 is 2.00 bits per heavy atom. The molecule has 1 aromatic carbocycles. The minimum atomic E-state index is -0.261. The Labute approximate surface area is 139 Å². The summed E-state index contributed by atoms with van der Waals surface area (Å²) in [5.74, 6) is -0.0434. The Hall–Kier alpha value is -2.20. The van der Waals surface area contributed by atoms with Crippen molar-refractivity contribution in [2.45, 2.75) is 32.2 Å². The van der Waals surface area contributed by atoms with Gasteiger partial charge >= 0.3 is 0 Å². The number of nitrogens with zero attached hydrogens (tertiary/aromatic N) is 2. The lowest BCUT2D eigenvalue weighted by Gasteiger charge is -2.14. The van der Waals surface area contributed by atoms with Gasteiger partial charge in [0.15, 0.2) is 0 Å². The Balaban J connectivity index is 1.67. The smallest absolute Gasteiger partial charge is 0.262 e. The molecule has 1 saturated carbocycles. The zero-order chi connectivity index (χ0) is 16.1. The number of imide groups is 1. The van der Waals surface area contributed by atoms with Crippen LogP contribution < -0.4 is 0 Å². The SMILES string of the molecule is Cc1cccc2c1C(=O)N(Cc1cc(Cl)cc(C3CC3)n1)C2=O. The van der Waals surface area contributed by atoms with Crippen LogP contribution in [0.2, 0.25) is 5.02 Å². The molecule has 2 amide bonds. The van der Waals surface area contributed by atoms with E-state index in [1.165, 1.54) is 4.90 Å². The molecule has 1 aliphatic heterocycles. The normalized spacial score (nSPS) is 16.9. The van der Waals surface area contributed by atoms with Gasteiger partial charge in [0, 0.05) is 16.6 Å². The molecule has 5 heteroatoms. The van der Waals surface area contributed by atoms with Crippen LogP contribution in [-0.4, -0.2) is 21.7 Å². The van der Waals surface area contributed by atoms with Crippen LogP contribution in [0.5, 0.6) is 0 Å². The third-order valence-electron chi connectivity index (χ3n) is 4.39. The van der Waals surface area contributed by atoms with Crippen LogP contribution in [-0.2, 0) is 6.54 Å². The number of aryl methyl sites for hydroxylation is 1. The van der Waals surface area contributed by atoms with Gasteiger partial charge < -0.3 is 0 Å². The van der Waals surface area contributed by atoms with Gasteiger partial charge in [0.1, 0.15) is 0 Å². The van der Waals surface area contributed by atoms with Crippen LogP contribution >= 0.6 is 11.6 Å². The third kappa shape index (κ3) is 2.43. The van der Waals surface area contributed by atoms with Crippen molar-refractivity contribution < 1.29 is 9.59 Å². The van der Waals surface area contributed by atoms with E-state index in [4.69, 9.17) is 11.6 Å². The number of carbonyl (C=O) groups excluding carboxylic acids is 2. The molecule has 0 N–H and O–H groups in total. The first-order valence-corrected chi connectivity index (χ1v) is 8.04. The molecule has 2 aliphatic rings. The molecule has 1 aromatic heterocycles. The summed E-state index contributed by atoms with van der Waals surface area (Å²) in [6.07, 6.45) is 2.25. The first-order chi connectivity index (χ1) is 11.0. The monoisotopic (exact) mass is 326 g/mol. The lowest BCUT2D eigenvalue weighted by Crippen LogP contribution is -2.29. The van der Waals surface area contributed by atoms with Gasteiger partial charge in [-0.05, 0) is 43.5 Å². The van der Waals surface area contributed by atoms with Crippen LogP contribution in [0.15, 0.2) is 30.3 Å². The molecule has 0 spiro atoms. The summed E-state index contributed by atoms with van der Waals surface area (Å²) in [4.78, 5) is 31.0. The summed E-state index contributed by atoms with van der Waals surface area (Å²) < 4.78 is 0. The molecule has 2 heterocycles. The van der Waals surface area contributed by atoms with E-state index in [-0.39, 0.29) is 18.4 Å². The van der Waals surface area contributed by atoms with Gasteiger partial charge in [0.05, 0.1) is 23.4 Å². The maximum atomic E-state index is 12.6. The molecule has 0 bridgehead atoms. The van der Waals surface area contributed by atoms with E-state index in [9.17, 15) is 9.59 Å². The van der Waals surface area contributed by atoms with Crippen molar-refractivity contribution in [1.29, 1.82) is 0 Å². The molecule has 2 aromatic rings. The number of amides is 2. The number of carbonyl (C=O) groups is 2. The quantitative estimate of drug-likeness (QED) is 0.808. The Kier molecular flexibility index (Phi) is 3.23. The largest absolute Gasteiger partial charge is 0.269 e. The number of aromatic nitrogens is 1. The maximum Gasteiger partial charge on any atom is 0.262 e. The predicted molar refractivity (Wildman–Crippen MR) is 86.6 cm³/mol. The first kappa shape index (κ1) is 14.4. The number of hydrogen-bond acceptors (Lipinski definition) is 3. The third-order valence-corrected chi connectivity index (χ3v) is 4.60. The van der Waals surface area contributed by atoms with Crippen molar-refractivity contribution in [3.63, 3.8) is 0 Å². The molecule has 116 valence electrons. The Morgan fingerprint density at radius 3 is 2.70 bits per heavy atom. The highest BCUT2D eigenvalue weighted by Crippen LogP contribution is 2.40. The van der Waals surface area contributed by atoms with E-state index >= 15 is 0 Å². The number of fused-ring (bicyclic) bond motifs is 1. The summed E-state index contributed by atoms with van der Waals surface area (Å²) in [5.41, 5.74) is 3.41. The van der Waals surface area contributed by atoms with Crippen molar-refractivity contribution in [2.75, 3.05) is 0 Å². The molecule has 0 unspecified atom stereocenters. The zero-order valence-electron chi connectivity index (χ0n) is 12.7. The van der Waals surface area contributed by atoms with E-state index < -0.39 is 0 Å². The molecule has 1 fully saturated rings. The van der Waals surface area contributed by atoms with Crippen LogP contribution in [0.4, 0.5) is 0 Å². The van der Waals surface area contributed by atoms with Gasteiger partial charge in [-0.3, -0.25) is 19.5 Å². The average Bonchev–Trinajstić information content (AvgIpc) is 3.32. The Bertz CT molecular complexity index is 843. The van der Waals surface area contributed by atoms with Crippen LogP contribution in [0.1, 0.15) is 56.4 Å². The number of rotatable bonds is 3. The molecular formula is C18H15ClN2O2. The van der Waals surface area contributed by atoms with Crippen LogP contribution in [0.3, 0.4) is 0 Å². The minimum absolute atomic E-state index is 0.159. The van der Waals surface area contributed by atoms with E-state index in [0.29, 0.717) is 27.8 Å². The van der Waals surface area contributed by atoms with E-state index in [0.717, 1.165) is 24.1 Å². The predicted octanol–water partition coefficient (Wildman–Crippen LogP) is 3.72. The second kappa shape index (κ2) is 5.17. The number of halogens is 1. The number of hydrogen-bond donors (Lipinski definition) is 0. The highest BCUT2D eigenvalue weighted by molar-refractivity contribution is 6.30. The van der Waals surface area contributed by atoms with Crippen molar-refractivity contribution >= 4 is 23.4 Å². The van der Waals surface area contributed by atoms with Crippen molar-refractivity contribution in [3.05, 3.63) is 63.4 Å². The van der Waals surface area contributed by atoms with Gasteiger partial charge in [0.2, 0.25) is 0 Å². The fraction of sp³-hybridized carbons (Fsp3) is 0.278. The number of pyridine rings is 1. The molecule has 1 aliphatic carbocycles. The molecule has 23 heavy (non-hydrogen) atoms. The second-order valence-corrected chi connectivity index (χ2v) is 6.61. The van der Waals surface area contributed by atoms with Crippen LogP contribution in [0, 0.1) is 6.92 Å². The first-order valence-electron chi connectivity index (χ1n) is 7.67. The van der Waals surface area contributed by atoms with Crippen LogP contribution in [0.25, 0.3) is 0 Å². The fourth-order valence-electron chi connectivity index (χ4n) is 3.05. The molecule has 4 nitrogen and oxygen atoms in total. The Morgan fingerprint density at radius 1 is 1.22 bits per heavy atom. The summed E-state index contributed by atoms with van der Waals surface area (Å²) in [6.45, 7) is 2.00. The second-order valence-electron chi connectivity index (χ2n) is 6.17. The van der Waals surface area contributed by atoms with Gasteiger partial charge in [0.25, 0.3) is 11.8 Å². The van der Waals surface area contributed by atoms with Gasteiger partial charge in [-0.1, -0.05) is 23.7 Å². The summed E-state index contributed by atoms with van der Waals surface area (Å²) in [5, 5.41) is 0.602. The lowest BCUT2D eigenvalue weighted by atomic mass is 10.0. The van der Waals surface area contributed by atoms with Gasteiger partial charge in [-0.25, -0.2) is 0 Å². The fourth-order valence-corrected chi connectivity index (χ4v) is 3.29. The molecule has 0 atom stereocenters. The van der Waals surface area contributed by atoms with Crippen molar-refractivity contribution in [1.82, 2.24) is 9.88 Å². The minimum Gasteiger partial charge on any atom is -0.269 e. The topological polar surface area (TPSA) is 50.3 Å². The van der Waals surface area contributed by atoms with Crippen molar-refractivity contribution in [2.24, 2.45) is 0 Å².